The molecule has 0 saturated carbocycles. The fourth-order valence-electron chi connectivity index (χ4n) is 2.15. The van der Waals surface area contributed by atoms with E-state index in [1.54, 1.807) is 0 Å². The first-order valence-electron chi connectivity index (χ1n) is 6.07. The summed E-state index contributed by atoms with van der Waals surface area (Å²) in [5.41, 5.74) is 1.33. The van der Waals surface area contributed by atoms with Crippen molar-refractivity contribution in [3.8, 4) is 24.3 Å². The maximum absolute atomic E-state index is 9.35. The van der Waals surface area contributed by atoms with Crippen LogP contribution in [0.2, 0.25) is 0 Å². The summed E-state index contributed by atoms with van der Waals surface area (Å²) in [7, 11) is 0. The summed E-state index contributed by atoms with van der Waals surface area (Å²) in [5, 5.41) is 37.3. The minimum atomic E-state index is -0.0858. The van der Waals surface area contributed by atoms with Gasteiger partial charge >= 0.3 is 0 Å². The number of benzene rings is 1. The molecule has 0 spiro atoms. The Balaban J connectivity index is 4.11. The summed E-state index contributed by atoms with van der Waals surface area (Å²) in [6, 6.07) is 7.91. The number of rotatable bonds is 3. The van der Waals surface area contributed by atoms with Crippen LogP contribution in [-0.4, -0.2) is 0 Å². The Labute approximate surface area is 118 Å². The molecule has 96 valence electrons. The maximum Gasteiger partial charge on any atom is 0.101 e. The minimum absolute atomic E-state index is 0.0858. The van der Waals surface area contributed by atoms with E-state index in [1.807, 2.05) is 38.1 Å². The molecule has 0 radical (unpaired) electrons. The monoisotopic (exact) mass is 260 g/mol. The Morgan fingerprint density at radius 3 is 1.60 bits per heavy atom. The lowest BCUT2D eigenvalue weighted by atomic mass is 9.82. The van der Waals surface area contributed by atoms with Gasteiger partial charge in [0.2, 0.25) is 0 Å². The summed E-state index contributed by atoms with van der Waals surface area (Å²) >= 11 is 0. The summed E-state index contributed by atoms with van der Waals surface area (Å²) in [6.45, 7) is 7.36. The van der Waals surface area contributed by atoms with Gasteiger partial charge in [-0.05, 0) is 17.9 Å². The van der Waals surface area contributed by atoms with Crippen LogP contribution in [0.15, 0.2) is 6.58 Å². The maximum atomic E-state index is 9.35. The molecule has 0 fully saturated rings. The molecular weight excluding hydrogens is 248 g/mol. The Kier molecular flexibility index (Phi) is 4.64. The predicted octanol–water partition coefficient (Wildman–Crippen LogP) is 3.33. The van der Waals surface area contributed by atoms with E-state index in [0.717, 1.165) is 0 Å². The van der Waals surface area contributed by atoms with E-state index in [-0.39, 0.29) is 33.7 Å². The van der Waals surface area contributed by atoms with Crippen molar-refractivity contribution in [2.45, 2.75) is 26.2 Å². The van der Waals surface area contributed by atoms with E-state index in [1.165, 1.54) is 6.08 Å². The first-order chi connectivity index (χ1) is 9.60. The molecule has 0 saturated heterocycles. The van der Waals surface area contributed by atoms with Crippen molar-refractivity contribution >= 4 is 6.08 Å². The molecule has 0 aliphatic rings. The van der Waals surface area contributed by atoms with Crippen LogP contribution in [0.3, 0.4) is 0 Å². The average Bonchev–Trinajstić information content (AvgIpc) is 2.50. The van der Waals surface area contributed by atoms with Crippen molar-refractivity contribution in [3.63, 3.8) is 0 Å². The highest BCUT2D eigenvalue weighted by Gasteiger charge is 2.25. The third-order valence-corrected chi connectivity index (χ3v) is 3.33. The number of hydrogen-bond donors (Lipinski definition) is 0. The molecule has 20 heavy (non-hydrogen) atoms. The SMILES string of the molecule is C=Cc1c(C#N)c(C#N)c(C(C)CC)c(C#N)c1C#N. The fourth-order valence-corrected chi connectivity index (χ4v) is 2.15. The van der Waals surface area contributed by atoms with Crippen LogP contribution in [-0.2, 0) is 0 Å². The van der Waals surface area contributed by atoms with E-state index in [4.69, 9.17) is 0 Å². The molecule has 0 aromatic heterocycles. The Bertz CT molecular complexity index is 677. The van der Waals surface area contributed by atoms with E-state index >= 15 is 0 Å². The Hall–Kier alpha value is -3.08. The van der Waals surface area contributed by atoms with Gasteiger partial charge in [-0.2, -0.15) is 21.0 Å². The number of nitrogens with zero attached hydrogens (tertiary/aromatic N) is 4. The summed E-state index contributed by atoms with van der Waals surface area (Å²) in [4.78, 5) is 0. The van der Waals surface area contributed by atoms with Gasteiger partial charge in [-0.15, -0.1) is 0 Å². The zero-order chi connectivity index (χ0) is 15.3. The number of nitriles is 4. The zero-order valence-corrected chi connectivity index (χ0v) is 11.4. The standard InChI is InChI=1S/C16H12N4/c1-4-10(3)16-14(8-19)12(6-17)11(5-2)13(7-18)15(16)9-20/h5,10H,2,4H2,1,3H3. The highest BCUT2D eigenvalue weighted by Crippen LogP contribution is 2.34. The Morgan fingerprint density at radius 2 is 1.35 bits per heavy atom. The fraction of sp³-hybridized carbons (Fsp3) is 0.250. The lowest BCUT2D eigenvalue weighted by molar-refractivity contribution is 0.728. The van der Waals surface area contributed by atoms with Gasteiger partial charge in [0.05, 0.1) is 22.3 Å². The number of hydrogen-bond acceptors (Lipinski definition) is 4. The molecule has 0 bridgehead atoms. The van der Waals surface area contributed by atoms with E-state index in [0.29, 0.717) is 12.0 Å². The van der Waals surface area contributed by atoms with Gasteiger partial charge in [0, 0.05) is 5.56 Å². The quantitative estimate of drug-likeness (QED) is 0.832. The van der Waals surface area contributed by atoms with Crippen LogP contribution in [0.1, 0.15) is 59.6 Å². The topological polar surface area (TPSA) is 95.2 Å². The van der Waals surface area contributed by atoms with Crippen LogP contribution >= 0.6 is 0 Å². The van der Waals surface area contributed by atoms with Crippen molar-refractivity contribution in [3.05, 3.63) is 40.0 Å². The van der Waals surface area contributed by atoms with Crippen molar-refractivity contribution in [1.29, 1.82) is 21.0 Å². The third kappa shape index (κ3) is 2.12. The minimum Gasteiger partial charge on any atom is -0.192 e. The van der Waals surface area contributed by atoms with Crippen LogP contribution in [0.4, 0.5) is 0 Å². The van der Waals surface area contributed by atoms with Gasteiger partial charge in [-0.1, -0.05) is 26.5 Å². The molecule has 1 aromatic carbocycles. The second-order valence-electron chi connectivity index (χ2n) is 4.29. The van der Waals surface area contributed by atoms with Crippen molar-refractivity contribution < 1.29 is 0 Å². The van der Waals surface area contributed by atoms with Crippen LogP contribution in [0, 0.1) is 45.3 Å². The first kappa shape index (κ1) is 15.0. The molecule has 0 aliphatic heterocycles. The Morgan fingerprint density at radius 1 is 0.950 bits per heavy atom. The first-order valence-corrected chi connectivity index (χ1v) is 6.07. The zero-order valence-electron chi connectivity index (χ0n) is 11.4. The summed E-state index contributed by atoms with van der Waals surface area (Å²) < 4.78 is 0. The molecule has 1 atom stereocenters. The van der Waals surface area contributed by atoms with Gasteiger partial charge in [0.15, 0.2) is 0 Å². The molecule has 1 unspecified atom stereocenters. The molecule has 0 aliphatic carbocycles. The van der Waals surface area contributed by atoms with Crippen LogP contribution < -0.4 is 0 Å². The van der Waals surface area contributed by atoms with Gasteiger partial charge < -0.3 is 0 Å². The van der Waals surface area contributed by atoms with E-state index in [9.17, 15) is 21.0 Å². The van der Waals surface area contributed by atoms with E-state index < -0.39 is 0 Å². The highest BCUT2D eigenvalue weighted by atomic mass is 14.4. The summed E-state index contributed by atoms with van der Waals surface area (Å²) in [6.07, 6.45) is 2.05. The second-order valence-corrected chi connectivity index (χ2v) is 4.29. The lowest BCUT2D eigenvalue weighted by Gasteiger charge is -2.17. The molecule has 4 nitrogen and oxygen atoms in total. The summed E-state index contributed by atoms with van der Waals surface area (Å²) in [5.74, 6) is -0.0858. The lowest BCUT2D eigenvalue weighted by Crippen LogP contribution is -2.08. The predicted molar refractivity (Wildman–Crippen MR) is 74.1 cm³/mol. The molecule has 0 N–H and O–H groups in total. The third-order valence-electron chi connectivity index (χ3n) is 3.33. The van der Waals surface area contributed by atoms with Gasteiger partial charge in [0.1, 0.15) is 24.3 Å². The van der Waals surface area contributed by atoms with Crippen LogP contribution in [0.25, 0.3) is 6.08 Å². The normalized spacial score (nSPS) is 10.5. The van der Waals surface area contributed by atoms with Crippen molar-refractivity contribution in [2.75, 3.05) is 0 Å². The molecule has 0 heterocycles. The molecular formula is C16H12N4. The molecule has 1 rings (SSSR count). The second kappa shape index (κ2) is 6.19. The van der Waals surface area contributed by atoms with Crippen LogP contribution in [0.5, 0.6) is 0 Å². The molecule has 1 aromatic rings. The largest absolute Gasteiger partial charge is 0.192 e. The van der Waals surface area contributed by atoms with Gasteiger partial charge in [-0.25, -0.2) is 0 Å². The van der Waals surface area contributed by atoms with E-state index in [2.05, 4.69) is 6.58 Å². The van der Waals surface area contributed by atoms with Gasteiger partial charge in [0.25, 0.3) is 0 Å². The molecule has 4 heteroatoms. The van der Waals surface area contributed by atoms with Crippen molar-refractivity contribution in [2.24, 2.45) is 0 Å². The smallest absolute Gasteiger partial charge is 0.101 e. The van der Waals surface area contributed by atoms with Crippen molar-refractivity contribution in [1.82, 2.24) is 0 Å². The van der Waals surface area contributed by atoms with Gasteiger partial charge in [-0.3, -0.25) is 0 Å². The average molecular weight is 260 g/mol. The molecule has 0 amide bonds. The highest BCUT2D eigenvalue weighted by molar-refractivity contribution is 5.75.